The summed E-state index contributed by atoms with van der Waals surface area (Å²) in [5.41, 5.74) is 8.25. The van der Waals surface area contributed by atoms with Gasteiger partial charge in [-0.3, -0.25) is 0 Å². The number of furan rings is 2. The maximum Gasteiger partial charge on any atom is 0.164 e. The van der Waals surface area contributed by atoms with Gasteiger partial charge in [-0.2, -0.15) is 0 Å². The highest BCUT2D eigenvalue weighted by Gasteiger charge is 2.20. The van der Waals surface area contributed by atoms with Gasteiger partial charge in [-0.25, -0.2) is 15.0 Å². The molecule has 7 aromatic carbocycles. The van der Waals surface area contributed by atoms with Crippen LogP contribution in [-0.4, -0.2) is 15.0 Å². The fraction of sp³-hybridized carbons (Fsp3) is 0. The van der Waals surface area contributed by atoms with Gasteiger partial charge in [-0.1, -0.05) is 127 Å². The van der Waals surface area contributed by atoms with E-state index in [1.807, 2.05) is 60.7 Å². The summed E-state index contributed by atoms with van der Waals surface area (Å²) in [6, 6.07) is 51.6. The van der Waals surface area contributed by atoms with Gasteiger partial charge < -0.3 is 8.83 Å². The van der Waals surface area contributed by atoms with Crippen molar-refractivity contribution in [3.8, 4) is 45.3 Å². The van der Waals surface area contributed by atoms with Crippen molar-refractivity contribution in [1.29, 1.82) is 0 Å². The van der Waals surface area contributed by atoms with Crippen molar-refractivity contribution >= 4 is 54.6 Å². The van der Waals surface area contributed by atoms with Gasteiger partial charge in [0.05, 0.1) is 0 Å². The van der Waals surface area contributed by atoms with Gasteiger partial charge in [0, 0.05) is 43.6 Å². The number of fused-ring (bicyclic) bond motifs is 8. The summed E-state index contributed by atoms with van der Waals surface area (Å²) in [7, 11) is 0. The fourth-order valence-corrected chi connectivity index (χ4v) is 6.89. The zero-order valence-corrected chi connectivity index (χ0v) is 25.6. The molecule has 0 unspecified atom stereocenters. The average molecular weight is 616 g/mol. The van der Waals surface area contributed by atoms with Crippen LogP contribution in [0.5, 0.6) is 0 Å². The number of hydrogen-bond donors (Lipinski definition) is 0. The molecule has 0 aliphatic heterocycles. The molecule has 5 heteroatoms. The third-order valence-corrected chi connectivity index (χ3v) is 9.16. The Bertz CT molecular complexity index is 2830. The first kappa shape index (κ1) is 26.6. The van der Waals surface area contributed by atoms with Crippen LogP contribution >= 0.6 is 0 Å². The van der Waals surface area contributed by atoms with Crippen LogP contribution in [0.2, 0.25) is 0 Å². The van der Waals surface area contributed by atoms with Crippen molar-refractivity contribution in [3.05, 3.63) is 152 Å². The molecule has 0 saturated carbocycles. The van der Waals surface area contributed by atoms with Crippen LogP contribution < -0.4 is 0 Å². The highest BCUT2D eigenvalue weighted by Crippen LogP contribution is 2.40. The minimum Gasteiger partial charge on any atom is -0.456 e. The Labute approximate surface area is 274 Å². The van der Waals surface area contributed by atoms with Crippen molar-refractivity contribution in [3.63, 3.8) is 0 Å². The number of aromatic nitrogens is 3. The van der Waals surface area contributed by atoms with E-state index >= 15 is 0 Å². The van der Waals surface area contributed by atoms with E-state index in [4.69, 9.17) is 23.8 Å². The number of para-hydroxylation sites is 2. The van der Waals surface area contributed by atoms with Gasteiger partial charge in [0.1, 0.15) is 22.3 Å². The molecule has 10 rings (SSSR count). The first-order valence-electron chi connectivity index (χ1n) is 15.9. The van der Waals surface area contributed by atoms with Gasteiger partial charge >= 0.3 is 0 Å². The molecule has 0 saturated heterocycles. The molecule has 0 aliphatic rings. The molecule has 0 N–H and O–H groups in total. The summed E-state index contributed by atoms with van der Waals surface area (Å²) < 4.78 is 12.8. The molecule has 0 bridgehead atoms. The van der Waals surface area contributed by atoms with Gasteiger partial charge in [-0.05, 0) is 40.8 Å². The molecular formula is C43H25N3O2. The Kier molecular flexibility index (Phi) is 5.81. The molecule has 224 valence electrons. The fourth-order valence-electron chi connectivity index (χ4n) is 6.89. The molecule has 0 amide bonds. The summed E-state index contributed by atoms with van der Waals surface area (Å²) in [4.78, 5) is 15.5. The number of rotatable bonds is 4. The Balaban J connectivity index is 1.25. The second-order valence-corrected chi connectivity index (χ2v) is 12.0. The molecule has 5 nitrogen and oxygen atoms in total. The van der Waals surface area contributed by atoms with Gasteiger partial charge in [0.15, 0.2) is 17.5 Å². The van der Waals surface area contributed by atoms with E-state index in [9.17, 15) is 0 Å². The van der Waals surface area contributed by atoms with Crippen molar-refractivity contribution in [1.82, 2.24) is 15.0 Å². The van der Waals surface area contributed by atoms with E-state index < -0.39 is 0 Å². The van der Waals surface area contributed by atoms with E-state index in [1.54, 1.807) is 0 Å². The lowest BCUT2D eigenvalue weighted by molar-refractivity contribution is 0.669. The van der Waals surface area contributed by atoms with Crippen LogP contribution in [0.4, 0.5) is 0 Å². The third-order valence-electron chi connectivity index (χ3n) is 9.16. The number of benzene rings is 7. The summed E-state index contributed by atoms with van der Waals surface area (Å²) in [6.45, 7) is 0. The maximum atomic E-state index is 6.52. The highest BCUT2D eigenvalue weighted by molar-refractivity contribution is 6.18. The lowest BCUT2D eigenvalue weighted by Crippen LogP contribution is -2.01. The topological polar surface area (TPSA) is 65.0 Å². The smallest absolute Gasteiger partial charge is 0.164 e. The Hall–Kier alpha value is -6.59. The predicted octanol–water partition coefficient (Wildman–Crippen LogP) is 11.5. The van der Waals surface area contributed by atoms with Crippen LogP contribution in [0.25, 0.3) is 99.9 Å². The Morgan fingerprint density at radius 2 is 0.917 bits per heavy atom. The predicted molar refractivity (Wildman–Crippen MR) is 194 cm³/mol. The lowest BCUT2D eigenvalue weighted by Gasteiger charge is -2.11. The van der Waals surface area contributed by atoms with E-state index in [0.717, 1.165) is 82.5 Å². The van der Waals surface area contributed by atoms with E-state index in [2.05, 4.69) is 91.0 Å². The van der Waals surface area contributed by atoms with Crippen molar-refractivity contribution in [2.75, 3.05) is 0 Å². The zero-order chi connectivity index (χ0) is 31.6. The minimum absolute atomic E-state index is 0.575. The highest BCUT2D eigenvalue weighted by atomic mass is 16.3. The third kappa shape index (κ3) is 4.15. The van der Waals surface area contributed by atoms with E-state index in [1.165, 1.54) is 0 Å². The molecule has 0 aliphatic carbocycles. The number of nitrogens with zero attached hydrogens (tertiary/aromatic N) is 3. The standard InChI is InChI=1S/C43H25N3O2/c1-2-10-26(11-3-1)27-20-22-29(23-21-27)41-44-42(46-43(45-41)34-16-9-19-37-39(34)32-14-5-7-18-36(32)47-37)33-15-8-12-28-24-25-31-30-13-4-6-17-35(30)48-40(31)38(28)33/h1-25H. The molecule has 0 radical (unpaired) electrons. The zero-order valence-electron chi connectivity index (χ0n) is 25.6. The normalized spacial score (nSPS) is 11.8. The molecule has 0 spiro atoms. The summed E-state index contributed by atoms with van der Waals surface area (Å²) >= 11 is 0. The first-order valence-corrected chi connectivity index (χ1v) is 15.9. The Morgan fingerprint density at radius 1 is 0.333 bits per heavy atom. The summed E-state index contributed by atoms with van der Waals surface area (Å²) in [6.07, 6.45) is 0. The minimum atomic E-state index is 0.575. The monoisotopic (exact) mass is 615 g/mol. The average Bonchev–Trinajstić information content (AvgIpc) is 3.74. The number of hydrogen-bond acceptors (Lipinski definition) is 5. The first-order chi connectivity index (χ1) is 23.8. The molecule has 3 aromatic heterocycles. The van der Waals surface area contributed by atoms with Gasteiger partial charge in [0.25, 0.3) is 0 Å². The second kappa shape index (κ2) is 10.5. The van der Waals surface area contributed by atoms with E-state index in [0.29, 0.717) is 17.5 Å². The van der Waals surface area contributed by atoms with Gasteiger partial charge in [-0.15, -0.1) is 0 Å². The quantitative estimate of drug-likeness (QED) is 0.197. The molecule has 0 atom stereocenters. The van der Waals surface area contributed by atoms with Crippen LogP contribution in [0, 0.1) is 0 Å². The second-order valence-electron chi connectivity index (χ2n) is 12.0. The molecule has 48 heavy (non-hydrogen) atoms. The SMILES string of the molecule is c1ccc(-c2ccc(-c3nc(-c4cccc5oc6ccccc6c45)nc(-c4cccc5ccc6c7ccccc7oc6c45)n3)cc2)cc1. The summed E-state index contributed by atoms with van der Waals surface area (Å²) in [5, 5.41) is 6.17. The van der Waals surface area contributed by atoms with Gasteiger partial charge in [0.2, 0.25) is 0 Å². The van der Waals surface area contributed by atoms with Crippen LogP contribution in [-0.2, 0) is 0 Å². The molecule has 3 heterocycles. The molecular weight excluding hydrogens is 590 g/mol. The molecule has 10 aromatic rings. The van der Waals surface area contributed by atoms with E-state index in [-0.39, 0.29) is 0 Å². The maximum absolute atomic E-state index is 6.52. The van der Waals surface area contributed by atoms with Crippen molar-refractivity contribution in [2.24, 2.45) is 0 Å². The summed E-state index contributed by atoms with van der Waals surface area (Å²) in [5.74, 6) is 1.74. The van der Waals surface area contributed by atoms with Crippen molar-refractivity contribution < 1.29 is 8.83 Å². The largest absolute Gasteiger partial charge is 0.456 e. The van der Waals surface area contributed by atoms with Crippen LogP contribution in [0.1, 0.15) is 0 Å². The van der Waals surface area contributed by atoms with Crippen molar-refractivity contribution in [2.45, 2.75) is 0 Å². The van der Waals surface area contributed by atoms with Crippen LogP contribution in [0.15, 0.2) is 160 Å². The Morgan fingerprint density at radius 3 is 1.71 bits per heavy atom. The molecule has 0 fully saturated rings. The van der Waals surface area contributed by atoms with Crippen LogP contribution in [0.3, 0.4) is 0 Å². The lowest BCUT2D eigenvalue weighted by atomic mass is 10.00.